The minimum Gasteiger partial charge on any atom is -0.497 e. The van der Waals surface area contributed by atoms with Gasteiger partial charge < -0.3 is 10.1 Å². The van der Waals surface area contributed by atoms with E-state index in [9.17, 15) is 0 Å². The summed E-state index contributed by atoms with van der Waals surface area (Å²) in [6.07, 6.45) is 2.43. The summed E-state index contributed by atoms with van der Waals surface area (Å²) < 4.78 is 5.20. The molecule has 3 nitrogen and oxygen atoms in total. The highest BCUT2D eigenvalue weighted by atomic mass is 16.5. The summed E-state index contributed by atoms with van der Waals surface area (Å²) in [6.45, 7) is 6.04. The zero-order chi connectivity index (χ0) is 11.1. The Bertz CT molecular complexity index is 300. The van der Waals surface area contributed by atoms with E-state index in [-0.39, 0.29) is 0 Å². The average molecular weight is 208 g/mol. The van der Waals surface area contributed by atoms with Crippen LogP contribution in [-0.4, -0.2) is 18.6 Å². The third-order valence-electron chi connectivity index (χ3n) is 2.23. The fraction of sp³-hybridized carbons (Fsp3) is 0.583. The first kappa shape index (κ1) is 12.0. The second-order valence-electron chi connectivity index (χ2n) is 3.67. The van der Waals surface area contributed by atoms with Crippen molar-refractivity contribution in [1.82, 2.24) is 10.3 Å². The number of nitrogens with one attached hydrogen (secondary N) is 1. The highest BCUT2D eigenvalue weighted by Crippen LogP contribution is 2.12. The molecule has 1 aromatic heterocycles. The molecule has 1 N–H and O–H groups in total. The number of aromatic nitrogens is 1. The summed E-state index contributed by atoms with van der Waals surface area (Å²) in [6, 6.07) is 3.92. The molecule has 0 amide bonds. The molecule has 0 atom stereocenters. The first-order valence-corrected chi connectivity index (χ1v) is 5.48. The van der Waals surface area contributed by atoms with Crippen molar-refractivity contribution < 1.29 is 4.74 Å². The van der Waals surface area contributed by atoms with E-state index in [0.717, 1.165) is 30.2 Å². The third-order valence-corrected chi connectivity index (χ3v) is 2.23. The topological polar surface area (TPSA) is 34.1 Å². The van der Waals surface area contributed by atoms with Gasteiger partial charge in [-0.05, 0) is 19.9 Å². The van der Waals surface area contributed by atoms with Crippen molar-refractivity contribution in [1.29, 1.82) is 0 Å². The van der Waals surface area contributed by atoms with Gasteiger partial charge in [0.05, 0.1) is 12.8 Å². The van der Waals surface area contributed by atoms with Gasteiger partial charge in [0.25, 0.3) is 0 Å². The number of nitrogens with zero attached hydrogens (tertiary/aromatic N) is 1. The lowest BCUT2D eigenvalue weighted by molar-refractivity contribution is 0.412. The van der Waals surface area contributed by atoms with Crippen LogP contribution in [0.15, 0.2) is 12.1 Å². The second-order valence-corrected chi connectivity index (χ2v) is 3.67. The van der Waals surface area contributed by atoms with Crippen LogP contribution in [0.2, 0.25) is 0 Å². The summed E-state index contributed by atoms with van der Waals surface area (Å²) in [5.41, 5.74) is 2.05. The molecule has 0 fully saturated rings. The average Bonchev–Trinajstić information content (AvgIpc) is 2.23. The molecule has 0 aliphatic heterocycles. The molecule has 0 aliphatic carbocycles. The van der Waals surface area contributed by atoms with E-state index in [1.807, 2.05) is 19.1 Å². The predicted molar refractivity (Wildman–Crippen MR) is 62.1 cm³/mol. The number of rotatable bonds is 6. The minimum atomic E-state index is 0.817. The number of unbranched alkanes of at least 4 members (excludes halogenated alkanes) is 1. The van der Waals surface area contributed by atoms with Crippen LogP contribution in [0.5, 0.6) is 5.75 Å². The predicted octanol–water partition coefficient (Wildman–Crippen LogP) is 2.29. The number of aryl methyl sites for hydroxylation is 1. The lowest BCUT2D eigenvalue weighted by atomic mass is 10.3. The molecule has 84 valence electrons. The Morgan fingerprint density at radius 3 is 2.87 bits per heavy atom. The molecule has 1 aromatic rings. The van der Waals surface area contributed by atoms with E-state index in [1.165, 1.54) is 12.8 Å². The van der Waals surface area contributed by atoms with Crippen molar-refractivity contribution in [2.24, 2.45) is 0 Å². The molecular weight excluding hydrogens is 188 g/mol. The van der Waals surface area contributed by atoms with Gasteiger partial charge >= 0.3 is 0 Å². The van der Waals surface area contributed by atoms with Gasteiger partial charge in [-0.25, -0.2) is 0 Å². The van der Waals surface area contributed by atoms with Gasteiger partial charge in [0.2, 0.25) is 0 Å². The van der Waals surface area contributed by atoms with Crippen molar-refractivity contribution >= 4 is 0 Å². The molecule has 0 radical (unpaired) electrons. The molecular formula is C12H20N2O. The Balaban J connectivity index is 2.49. The van der Waals surface area contributed by atoms with Gasteiger partial charge in [0.15, 0.2) is 0 Å². The smallest absolute Gasteiger partial charge is 0.122 e. The Morgan fingerprint density at radius 2 is 2.20 bits per heavy atom. The van der Waals surface area contributed by atoms with Gasteiger partial charge in [-0.15, -0.1) is 0 Å². The normalized spacial score (nSPS) is 10.3. The maximum atomic E-state index is 5.20. The standard InChI is InChI=1S/C12H20N2O/c1-4-5-6-13-9-11-8-12(15-3)7-10(2)14-11/h7-8,13H,4-6,9H2,1-3H3. The Morgan fingerprint density at radius 1 is 1.40 bits per heavy atom. The van der Waals surface area contributed by atoms with E-state index in [1.54, 1.807) is 7.11 Å². The number of methoxy groups -OCH3 is 1. The first-order chi connectivity index (χ1) is 7.26. The van der Waals surface area contributed by atoms with Crippen molar-refractivity contribution in [3.05, 3.63) is 23.5 Å². The van der Waals surface area contributed by atoms with E-state index in [2.05, 4.69) is 17.2 Å². The first-order valence-electron chi connectivity index (χ1n) is 5.48. The van der Waals surface area contributed by atoms with Crippen LogP contribution >= 0.6 is 0 Å². The Hall–Kier alpha value is -1.09. The Labute approximate surface area is 91.9 Å². The lowest BCUT2D eigenvalue weighted by Crippen LogP contribution is -2.15. The molecule has 1 heterocycles. The van der Waals surface area contributed by atoms with Crippen molar-refractivity contribution in [3.8, 4) is 5.75 Å². The lowest BCUT2D eigenvalue weighted by Gasteiger charge is -2.07. The molecule has 1 rings (SSSR count). The summed E-state index contributed by atoms with van der Waals surface area (Å²) in [7, 11) is 1.68. The summed E-state index contributed by atoms with van der Waals surface area (Å²) in [4.78, 5) is 4.44. The van der Waals surface area contributed by atoms with Crippen LogP contribution in [0, 0.1) is 6.92 Å². The van der Waals surface area contributed by atoms with Crippen LogP contribution in [0.1, 0.15) is 31.2 Å². The molecule has 0 aromatic carbocycles. The fourth-order valence-electron chi connectivity index (χ4n) is 1.43. The van der Waals surface area contributed by atoms with Crippen LogP contribution in [-0.2, 0) is 6.54 Å². The highest BCUT2D eigenvalue weighted by molar-refractivity contribution is 5.26. The van der Waals surface area contributed by atoms with Crippen LogP contribution < -0.4 is 10.1 Å². The van der Waals surface area contributed by atoms with Gasteiger partial charge in [-0.3, -0.25) is 4.98 Å². The number of hydrogen-bond donors (Lipinski definition) is 1. The monoisotopic (exact) mass is 208 g/mol. The zero-order valence-corrected chi connectivity index (χ0v) is 9.84. The number of hydrogen-bond acceptors (Lipinski definition) is 3. The van der Waals surface area contributed by atoms with E-state index in [4.69, 9.17) is 4.74 Å². The molecule has 0 bridgehead atoms. The van der Waals surface area contributed by atoms with Gasteiger partial charge in [0, 0.05) is 24.4 Å². The number of ether oxygens (including phenoxy) is 1. The summed E-state index contributed by atoms with van der Waals surface area (Å²) >= 11 is 0. The van der Waals surface area contributed by atoms with E-state index < -0.39 is 0 Å². The fourth-order valence-corrected chi connectivity index (χ4v) is 1.43. The van der Waals surface area contributed by atoms with Crippen LogP contribution in [0.4, 0.5) is 0 Å². The molecule has 15 heavy (non-hydrogen) atoms. The minimum absolute atomic E-state index is 0.817. The summed E-state index contributed by atoms with van der Waals surface area (Å²) in [5.74, 6) is 0.884. The van der Waals surface area contributed by atoms with Crippen molar-refractivity contribution in [2.45, 2.75) is 33.2 Å². The van der Waals surface area contributed by atoms with Gasteiger partial charge in [-0.2, -0.15) is 0 Å². The van der Waals surface area contributed by atoms with Crippen molar-refractivity contribution in [3.63, 3.8) is 0 Å². The Kier molecular flexibility index (Phi) is 5.12. The SMILES string of the molecule is CCCCNCc1cc(OC)cc(C)n1. The zero-order valence-electron chi connectivity index (χ0n) is 9.84. The molecule has 0 saturated carbocycles. The van der Waals surface area contributed by atoms with Crippen LogP contribution in [0.25, 0.3) is 0 Å². The summed E-state index contributed by atoms with van der Waals surface area (Å²) in [5, 5.41) is 3.36. The number of pyridine rings is 1. The maximum absolute atomic E-state index is 5.20. The molecule has 0 unspecified atom stereocenters. The van der Waals surface area contributed by atoms with E-state index >= 15 is 0 Å². The van der Waals surface area contributed by atoms with Gasteiger partial charge in [0.1, 0.15) is 5.75 Å². The largest absolute Gasteiger partial charge is 0.497 e. The molecule has 0 saturated heterocycles. The maximum Gasteiger partial charge on any atom is 0.122 e. The quantitative estimate of drug-likeness (QED) is 0.728. The highest BCUT2D eigenvalue weighted by Gasteiger charge is 1.99. The third kappa shape index (κ3) is 4.30. The van der Waals surface area contributed by atoms with Gasteiger partial charge in [-0.1, -0.05) is 13.3 Å². The van der Waals surface area contributed by atoms with E-state index in [0.29, 0.717) is 0 Å². The van der Waals surface area contributed by atoms with Crippen LogP contribution in [0.3, 0.4) is 0 Å². The molecule has 0 spiro atoms. The van der Waals surface area contributed by atoms with Crippen molar-refractivity contribution in [2.75, 3.05) is 13.7 Å². The molecule has 0 aliphatic rings. The second kappa shape index (κ2) is 6.40. The molecule has 3 heteroatoms.